The molecule has 2 aliphatic rings. The molecular formula is C25H20N4O3S. The van der Waals surface area contributed by atoms with Gasteiger partial charge in [0.05, 0.1) is 22.5 Å². The predicted molar refractivity (Wildman–Crippen MR) is 125 cm³/mol. The summed E-state index contributed by atoms with van der Waals surface area (Å²) < 4.78 is 8.42. The number of rotatable bonds is 3. The Morgan fingerprint density at radius 1 is 1.18 bits per heavy atom. The SMILES string of the molecule is CC(=O)C1C2c3ccccc3OC1(C)N=c1s/c(=C/c3cn[nH]c3-c3ccccc3)c(=O)n12. The van der Waals surface area contributed by atoms with Crippen LogP contribution in [0.3, 0.4) is 0 Å². The Hall–Kier alpha value is -3.78. The fourth-order valence-electron chi connectivity index (χ4n) is 4.94. The van der Waals surface area contributed by atoms with E-state index < -0.39 is 17.7 Å². The van der Waals surface area contributed by atoms with Gasteiger partial charge >= 0.3 is 0 Å². The van der Waals surface area contributed by atoms with Gasteiger partial charge in [-0.15, -0.1) is 0 Å². The Bertz CT molecular complexity index is 1580. The van der Waals surface area contributed by atoms with Gasteiger partial charge in [0.2, 0.25) is 5.72 Å². The third-order valence-electron chi connectivity index (χ3n) is 6.34. The summed E-state index contributed by atoms with van der Waals surface area (Å²) in [5, 5.41) is 7.21. The van der Waals surface area contributed by atoms with Crippen LogP contribution in [0, 0.1) is 5.92 Å². The molecule has 0 radical (unpaired) electrons. The van der Waals surface area contributed by atoms with Crippen LogP contribution >= 0.6 is 11.3 Å². The van der Waals surface area contributed by atoms with Crippen molar-refractivity contribution in [1.29, 1.82) is 0 Å². The number of aromatic amines is 1. The van der Waals surface area contributed by atoms with Gasteiger partial charge in [0.25, 0.3) is 5.56 Å². The van der Waals surface area contributed by atoms with E-state index in [2.05, 4.69) is 10.2 Å². The topological polar surface area (TPSA) is 89.3 Å². The first-order chi connectivity index (χ1) is 16.0. The van der Waals surface area contributed by atoms with Gasteiger partial charge in [-0.2, -0.15) is 5.10 Å². The standard InChI is InChI=1S/C25H20N4O3S/c1-14(30)20-22-17-10-6-7-11-18(17)32-25(20,2)27-24-29(22)23(31)19(33-24)12-16-13-26-28-21(16)15-8-4-3-5-9-15/h3-13,20,22H,1-2H3,(H,26,28)/b19-12+. The summed E-state index contributed by atoms with van der Waals surface area (Å²) in [5.74, 6) is 0.00631. The van der Waals surface area contributed by atoms with Gasteiger partial charge in [0.15, 0.2) is 4.80 Å². The number of ether oxygens (including phenoxy) is 1. The number of para-hydroxylation sites is 1. The molecule has 33 heavy (non-hydrogen) atoms. The summed E-state index contributed by atoms with van der Waals surface area (Å²) in [7, 11) is 0. The molecule has 164 valence electrons. The van der Waals surface area contributed by atoms with Crippen LogP contribution in [0.1, 0.15) is 31.0 Å². The molecule has 0 amide bonds. The molecule has 4 aromatic rings. The van der Waals surface area contributed by atoms with E-state index in [1.54, 1.807) is 10.8 Å². The van der Waals surface area contributed by atoms with Crippen LogP contribution in [-0.4, -0.2) is 26.3 Å². The fraction of sp³-hybridized carbons (Fsp3) is 0.200. The van der Waals surface area contributed by atoms with Crippen LogP contribution in [0.4, 0.5) is 0 Å². The second-order valence-corrected chi connectivity index (χ2v) is 9.48. The number of carbonyl (C=O) groups excluding carboxylic acids is 1. The maximum atomic E-state index is 13.7. The van der Waals surface area contributed by atoms with Crippen molar-refractivity contribution in [1.82, 2.24) is 14.8 Å². The van der Waals surface area contributed by atoms with Gasteiger partial charge < -0.3 is 4.74 Å². The van der Waals surface area contributed by atoms with E-state index >= 15 is 0 Å². The van der Waals surface area contributed by atoms with Gasteiger partial charge in [0.1, 0.15) is 17.5 Å². The Balaban J connectivity index is 1.59. The molecule has 0 saturated carbocycles. The average Bonchev–Trinajstić information content (AvgIpc) is 3.37. The molecule has 8 heteroatoms. The lowest BCUT2D eigenvalue weighted by molar-refractivity contribution is -0.132. The van der Waals surface area contributed by atoms with E-state index in [-0.39, 0.29) is 11.3 Å². The normalized spacial score (nSPS) is 23.3. The van der Waals surface area contributed by atoms with Crippen LogP contribution in [0.2, 0.25) is 0 Å². The summed E-state index contributed by atoms with van der Waals surface area (Å²) in [6, 6.07) is 16.9. The van der Waals surface area contributed by atoms with Crippen molar-refractivity contribution >= 4 is 23.2 Å². The van der Waals surface area contributed by atoms with E-state index in [1.807, 2.05) is 67.6 Å². The minimum Gasteiger partial charge on any atom is -0.465 e. The maximum Gasteiger partial charge on any atom is 0.270 e. The van der Waals surface area contributed by atoms with Gasteiger partial charge in [-0.1, -0.05) is 59.9 Å². The van der Waals surface area contributed by atoms with Gasteiger partial charge in [0, 0.05) is 16.7 Å². The smallest absolute Gasteiger partial charge is 0.270 e. The number of ketones is 1. The number of hydrogen-bond donors (Lipinski definition) is 1. The molecule has 0 saturated heterocycles. The molecule has 7 nitrogen and oxygen atoms in total. The number of Topliss-reactive ketones (excluding diaryl/α,β-unsaturated/α-hetero) is 1. The van der Waals surface area contributed by atoms with Crippen molar-refractivity contribution in [2.75, 3.05) is 0 Å². The number of carbonyl (C=O) groups is 1. The van der Waals surface area contributed by atoms with Crippen molar-refractivity contribution in [3.05, 3.63) is 91.6 Å². The third kappa shape index (κ3) is 2.94. The highest BCUT2D eigenvalue weighted by atomic mass is 32.1. The second-order valence-electron chi connectivity index (χ2n) is 8.47. The lowest BCUT2D eigenvalue weighted by Gasteiger charge is -2.45. The third-order valence-corrected chi connectivity index (χ3v) is 7.32. The number of hydrogen-bond acceptors (Lipinski definition) is 6. The Kier molecular flexibility index (Phi) is 4.28. The number of aromatic nitrogens is 3. The number of fused-ring (bicyclic) bond motifs is 6. The average molecular weight is 457 g/mol. The van der Waals surface area contributed by atoms with E-state index in [1.165, 1.54) is 18.3 Å². The molecule has 2 aromatic carbocycles. The van der Waals surface area contributed by atoms with Crippen molar-refractivity contribution < 1.29 is 9.53 Å². The van der Waals surface area contributed by atoms with Crippen LogP contribution in [0.25, 0.3) is 17.3 Å². The maximum absolute atomic E-state index is 13.7. The predicted octanol–water partition coefficient (Wildman–Crippen LogP) is 2.67. The summed E-state index contributed by atoms with van der Waals surface area (Å²) in [6.07, 6.45) is 3.54. The van der Waals surface area contributed by atoms with Crippen molar-refractivity contribution in [3.8, 4) is 17.0 Å². The van der Waals surface area contributed by atoms with E-state index in [4.69, 9.17) is 9.73 Å². The molecule has 1 N–H and O–H groups in total. The molecule has 4 heterocycles. The zero-order chi connectivity index (χ0) is 22.7. The molecular weight excluding hydrogens is 436 g/mol. The number of benzene rings is 2. The highest BCUT2D eigenvalue weighted by molar-refractivity contribution is 7.07. The molecule has 3 unspecified atom stereocenters. The number of nitrogens with zero attached hydrogens (tertiary/aromatic N) is 3. The Labute approximate surface area is 192 Å². The molecule has 0 spiro atoms. The Morgan fingerprint density at radius 2 is 1.94 bits per heavy atom. The van der Waals surface area contributed by atoms with Crippen LogP contribution in [0.15, 0.2) is 70.6 Å². The number of H-pyrrole nitrogens is 1. The first-order valence-corrected chi connectivity index (χ1v) is 11.5. The van der Waals surface area contributed by atoms with E-state index in [0.717, 1.165) is 22.4 Å². The first-order valence-electron chi connectivity index (χ1n) is 10.7. The number of nitrogens with one attached hydrogen (secondary N) is 1. The summed E-state index contributed by atoms with van der Waals surface area (Å²) in [5.41, 5.74) is 2.22. The molecule has 3 atom stereocenters. The Morgan fingerprint density at radius 3 is 2.73 bits per heavy atom. The largest absolute Gasteiger partial charge is 0.465 e. The first kappa shape index (κ1) is 19.9. The molecule has 6 rings (SSSR count). The van der Waals surface area contributed by atoms with Crippen molar-refractivity contribution in [2.45, 2.75) is 25.6 Å². The summed E-state index contributed by atoms with van der Waals surface area (Å²) >= 11 is 1.30. The summed E-state index contributed by atoms with van der Waals surface area (Å²) in [6.45, 7) is 3.36. The molecule has 0 aliphatic carbocycles. The molecule has 2 bridgehead atoms. The number of thiazole rings is 1. The fourth-order valence-corrected chi connectivity index (χ4v) is 6.03. The minimum absolute atomic E-state index is 0.0590. The van der Waals surface area contributed by atoms with Crippen molar-refractivity contribution in [3.63, 3.8) is 0 Å². The van der Waals surface area contributed by atoms with Gasteiger partial charge in [-0.05, 0) is 26.0 Å². The van der Waals surface area contributed by atoms with E-state index in [9.17, 15) is 9.59 Å². The van der Waals surface area contributed by atoms with Crippen LogP contribution in [-0.2, 0) is 4.79 Å². The highest BCUT2D eigenvalue weighted by Gasteiger charge is 2.53. The zero-order valence-electron chi connectivity index (χ0n) is 18.0. The van der Waals surface area contributed by atoms with Crippen LogP contribution in [0.5, 0.6) is 5.75 Å². The van der Waals surface area contributed by atoms with E-state index in [0.29, 0.717) is 15.1 Å². The minimum atomic E-state index is -1.07. The molecule has 2 aromatic heterocycles. The van der Waals surface area contributed by atoms with Gasteiger partial charge in [-0.25, -0.2) is 4.99 Å². The molecule has 2 aliphatic heterocycles. The van der Waals surface area contributed by atoms with Gasteiger partial charge in [-0.3, -0.25) is 19.3 Å². The van der Waals surface area contributed by atoms with Crippen LogP contribution < -0.4 is 19.6 Å². The lowest BCUT2D eigenvalue weighted by atomic mass is 9.79. The highest BCUT2D eigenvalue weighted by Crippen LogP contribution is 2.47. The lowest BCUT2D eigenvalue weighted by Crippen LogP contribution is -2.58. The van der Waals surface area contributed by atoms with Crippen molar-refractivity contribution in [2.24, 2.45) is 10.9 Å². The zero-order valence-corrected chi connectivity index (χ0v) is 18.8. The monoisotopic (exact) mass is 456 g/mol. The molecule has 0 fully saturated rings. The second kappa shape index (κ2) is 7.11. The summed E-state index contributed by atoms with van der Waals surface area (Å²) in [4.78, 5) is 31.7. The quantitative estimate of drug-likeness (QED) is 0.513.